The molecule has 3 rings (SSSR count). The Morgan fingerprint density at radius 2 is 1.69 bits per heavy atom. The minimum atomic E-state index is -1.39. The zero-order valence-corrected chi connectivity index (χ0v) is 21.1. The Morgan fingerprint density at radius 3 is 2.28 bits per heavy atom. The number of nitrogens with one attached hydrogen (secondary N) is 1. The highest BCUT2D eigenvalue weighted by Gasteiger charge is 2.49. The van der Waals surface area contributed by atoms with Crippen LogP contribution in [0.25, 0.3) is 5.65 Å². The predicted molar refractivity (Wildman–Crippen MR) is 120 cm³/mol. The van der Waals surface area contributed by atoms with Crippen LogP contribution in [0.1, 0.15) is 47.1 Å². The highest BCUT2D eigenvalue weighted by Crippen LogP contribution is 2.42. The van der Waals surface area contributed by atoms with Crippen LogP contribution in [0.15, 0.2) is 0 Å². The number of anilines is 1. The van der Waals surface area contributed by atoms with E-state index < -0.39 is 54.3 Å². The first-order chi connectivity index (χ1) is 16.8. The topological polar surface area (TPSA) is 176 Å². The molecule has 16 heteroatoms. The third-order valence-electron chi connectivity index (χ3n) is 5.12. The van der Waals surface area contributed by atoms with Crippen LogP contribution >= 0.6 is 11.6 Å². The van der Waals surface area contributed by atoms with E-state index in [2.05, 4.69) is 26.0 Å². The summed E-state index contributed by atoms with van der Waals surface area (Å²) in [5.41, 5.74) is 3.49. The van der Waals surface area contributed by atoms with Gasteiger partial charge in [-0.2, -0.15) is 5.43 Å². The monoisotopic (exact) mass is 526 g/mol. The van der Waals surface area contributed by atoms with Gasteiger partial charge in [-0.25, -0.2) is 0 Å². The number of nitrogens with zero attached hydrogens (tertiary/aromatic N) is 6. The molecular formula is C20H25ClN7O8+. The van der Waals surface area contributed by atoms with Gasteiger partial charge in [0.2, 0.25) is 23.5 Å². The van der Waals surface area contributed by atoms with E-state index in [-0.39, 0.29) is 5.15 Å². The zero-order chi connectivity index (χ0) is 26.8. The van der Waals surface area contributed by atoms with Gasteiger partial charge in [0, 0.05) is 41.5 Å². The van der Waals surface area contributed by atoms with E-state index >= 15 is 0 Å². The Morgan fingerprint density at radius 1 is 1.06 bits per heavy atom. The van der Waals surface area contributed by atoms with Crippen molar-refractivity contribution >= 4 is 53.0 Å². The van der Waals surface area contributed by atoms with Crippen LogP contribution in [-0.2, 0) is 43.7 Å². The van der Waals surface area contributed by atoms with E-state index in [4.69, 9.17) is 30.5 Å². The molecule has 0 saturated carbocycles. The summed E-state index contributed by atoms with van der Waals surface area (Å²) in [6.07, 6.45) is -2.59. The number of rotatable bonds is 8. The smallest absolute Gasteiger partial charge is 0.303 e. The molecule has 0 unspecified atom stereocenters. The highest BCUT2D eigenvalue weighted by atomic mass is 35.5. The van der Waals surface area contributed by atoms with Crippen LogP contribution in [0.3, 0.4) is 0 Å². The highest BCUT2D eigenvalue weighted by molar-refractivity contribution is 6.32. The summed E-state index contributed by atoms with van der Waals surface area (Å²) in [5, 5.41) is 15.6. The van der Waals surface area contributed by atoms with Crippen LogP contribution in [0.4, 0.5) is 5.69 Å². The number of fused-ring (bicyclic) bond motifs is 3. The molecule has 0 amide bonds. The van der Waals surface area contributed by atoms with E-state index in [1.54, 1.807) is 18.5 Å². The zero-order valence-electron chi connectivity index (χ0n) is 20.3. The molecule has 0 radical (unpaired) electrons. The van der Waals surface area contributed by atoms with Gasteiger partial charge in [0.1, 0.15) is 17.9 Å². The van der Waals surface area contributed by atoms with Crippen LogP contribution < -0.4 is 5.43 Å². The van der Waals surface area contributed by atoms with E-state index in [1.165, 1.54) is 10.8 Å². The third-order valence-corrected chi connectivity index (χ3v) is 5.39. The number of esters is 4. The summed E-state index contributed by atoms with van der Waals surface area (Å²) in [5.74, 6) is -2.88. The molecule has 2 aromatic rings. The van der Waals surface area contributed by atoms with Gasteiger partial charge in [0.25, 0.3) is 0 Å². The number of hydrazone groups is 1. The summed E-state index contributed by atoms with van der Waals surface area (Å²) in [6, 6.07) is 0. The number of carbonyl (C=O) groups excluding carboxylic acids is 4. The van der Waals surface area contributed by atoms with Crippen LogP contribution in [0.2, 0.25) is 5.15 Å². The second-order valence-electron chi connectivity index (χ2n) is 8.32. The lowest BCUT2D eigenvalue weighted by atomic mass is 9.96. The Kier molecular flexibility index (Phi) is 7.71. The van der Waals surface area contributed by atoms with Gasteiger partial charge in [0.05, 0.1) is 0 Å². The number of hydrogen-bond donors (Lipinski definition) is 1. The number of halogens is 1. The van der Waals surface area contributed by atoms with Crippen molar-refractivity contribution in [1.29, 1.82) is 0 Å². The number of ether oxygens (including phenoxy) is 4. The Labute approximate surface area is 209 Å². The van der Waals surface area contributed by atoms with Gasteiger partial charge < -0.3 is 18.9 Å². The first-order valence-corrected chi connectivity index (χ1v) is 11.0. The summed E-state index contributed by atoms with van der Waals surface area (Å²) in [7, 11) is 0. The molecule has 194 valence electrons. The van der Waals surface area contributed by atoms with E-state index in [9.17, 15) is 19.2 Å². The van der Waals surface area contributed by atoms with Crippen molar-refractivity contribution in [2.45, 2.75) is 65.4 Å². The first kappa shape index (κ1) is 26.7. The maximum absolute atomic E-state index is 12.0. The Hall–Kier alpha value is -3.88. The predicted octanol–water partition coefficient (Wildman–Crippen LogP) is 0.190. The molecule has 36 heavy (non-hydrogen) atoms. The fourth-order valence-electron chi connectivity index (χ4n) is 3.71. The second-order valence-corrected chi connectivity index (χ2v) is 8.68. The molecule has 0 aromatic carbocycles. The van der Waals surface area contributed by atoms with Crippen molar-refractivity contribution < 1.29 is 42.8 Å². The van der Waals surface area contributed by atoms with Gasteiger partial charge in [-0.05, 0) is 10.4 Å². The summed E-state index contributed by atoms with van der Waals surface area (Å²) in [6.45, 7) is 7.73. The number of hydrogen-bond acceptors (Lipinski definition) is 13. The van der Waals surface area contributed by atoms with Crippen molar-refractivity contribution in [3.05, 3.63) is 10.7 Å². The average Bonchev–Trinajstić information content (AvgIpc) is 3.30. The van der Waals surface area contributed by atoms with Crippen LogP contribution in [-0.4, -0.2) is 84.9 Å². The van der Waals surface area contributed by atoms with Gasteiger partial charge in [-0.3, -0.25) is 19.2 Å². The lowest BCUT2D eigenvalue weighted by Gasteiger charge is -2.29. The molecule has 0 saturated heterocycles. The van der Waals surface area contributed by atoms with E-state index in [0.29, 0.717) is 16.9 Å². The molecule has 15 nitrogen and oxygen atoms in total. The fraction of sp³-hybridized carbons (Fsp3) is 0.550. The molecular weight excluding hydrogens is 502 g/mol. The van der Waals surface area contributed by atoms with E-state index in [1.807, 2.05) is 0 Å². The average molecular weight is 527 g/mol. The number of carbonyl (C=O) groups is 4. The lowest BCUT2D eigenvalue weighted by Crippen LogP contribution is -2.50. The number of aromatic nitrogens is 5. The Bertz CT molecular complexity index is 1240. The third kappa shape index (κ3) is 5.67. The molecule has 0 bridgehead atoms. The number of hydrazine groups is 1. The van der Waals surface area contributed by atoms with E-state index in [0.717, 1.165) is 27.7 Å². The van der Waals surface area contributed by atoms with Gasteiger partial charge in [0.15, 0.2) is 17.4 Å². The molecule has 3 atom stereocenters. The van der Waals surface area contributed by atoms with Gasteiger partial charge in [-0.1, -0.05) is 11.6 Å². The van der Waals surface area contributed by atoms with Crippen LogP contribution in [0, 0.1) is 0 Å². The Balaban J connectivity index is 2.10. The standard InChI is InChI=1S/C20H25ClN7O8/c1-9(29)33-8-14(35-11(3)31)17(36-12(4)32)13(34-10(2)30)7-27-20(5,6)15-16(23-27)18(21)24-28-19(15)22-25-26-28/h7,13-14,17,23H,8H2,1-6H3/q+1/b27-7+/t13-,14-,17+/m0/s1. The van der Waals surface area contributed by atoms with Crippen molar-refractivity contribution in [3.63, 3.8) is 0 Å². The SMILES string of the molecule is CC(=O)OC[C@H](OC(C)=O)[C@H](OC(C)=O)[C@H](/C=[N+]1/Nc2c(Cl)nn3nnnc3c2C1(C)C)OC(C)=O. The maximum Gasteiger partial charge on any atom is 0.303 e. The van der Waals surface area contributed by atoms with Crippen molar-refractivity contribution in [2.75, 3.05) is 12.0 Å². The molecule has 0 spiro atoms. The minimum absolute atomic E-state index is 0.0713. The summed E-state index contributed by atoms with van der Waals surface area (Å²) >= 11 is 6.34. The van der Waals surface area contributed by atoms with Gasteiger partial charge in [-0.15, -0.1) is 19.5 Å². The maximum atomic E-state index is 12.0. The van der Waals surface area contributed by atoms with Crippen molar-refractivity contribution in [3.8, 4) is 0 Å². The van der Waals surface area contributed by atoms with Gasteiger partial charge >= 0.3 is 23.9 Å². The van der Waals surface area contributed by atoms with Crippen molar-refractivity contribution in [2.24, 2.45) is 0 Å². The minimum Gasteiger partial charge on any atom is -0.462 e. The number of tetrazole rings is 1. The molecule has 1 N–H and O–H groups in total. The molecule has 1 aliphatic rings. The van der Waals surface area contributed by atoms with Crippen molar-refractivity contribution in [1.82, 2.24) is 25.3 Å². The fourth-order valence-corrected chi connectivity index (χ4v) is 3.92. The molecule has 1 aliphatic heterocycles. The van der Waals surface area contributed by atoms with Crippen LogP contribution in [0.5, 0.6) is 0 Å². The normalized spacial score (nSPS) is 17.5. The largest absolute Gasteiger partial charge is 0.462 e. The molecule has 0 fully saturated rings. The molecule has 0 aliphatic carbocycles. The summed E-state index contributed by atoms with van der Waals surface area (Å²) < 4.78 is 23.8. The first-order valence-electron chi connectivity index (χ1n) is 10.7. The molecule has 2 aromatic heterocycles. The summed E-state index contributed by atoms with van der Waals surface area (Å²) in [4.78, 5) is 47.2. The quantitative estimate of drug-likeness (QED) is 0.280. The lowest BCUT2D eigenvalue weighted by molar-refractivity contribution is -0.571. The molecule has 3 heterocycles. The second kappa shape index (κ2) is 10.4.